The second-order valence-corrected chi connectivity index (χ2v) is 4.20. The van der Waals surface area contributed by atoms with Gasteiger partial charge in [0, 0.05) is 6.54 Å². The summed E-state index contributed by atoms with van der Waals surface area (Å²) in [5, 5.41) is 15.5. The minimum Gasteiger partial charge on any atom is -0.351 e. The molecule has 0 saturated heterocycles. The van der Waals surface area contributed by atoms with E-state index in [4.69, 9.17) is 5.73 Å². The summed E-state index contributed by atoms with van der Waals surface area (Å²) in [5.74, 6) is -0.126. The van der Waals surface area contributed by atoms with Gasteiger partial charge < -0.3 is 11.1 Å². The molecule has 0 atom stereocenters. The van der Waals surface area contributed by atoms with Gasteiger partial charge in [-0.05, 0) is 34.8 Å². The standard InChI is InChI=1S/C9H12N6OS.ClH/c10-3-1-4-11-9(16)8-7(2-5-17-8)15-6-12-13-14-15;/h2,5-6H,1,3-4,10H2,(H,11,16);1H. The Hall–Kier alpha value is -1.51. The molecule has 2 aromatic rings. The van der Waals surface area contributed by atoms with Gasteiger partial charge >= 0.3 is 0 Å². The van der Waals surface area contributed by atoms with Gasteiger partial charge in [-0.15, -0.1) is 28.8 Å². The maximum atomic E-state index is 11.9. The first-order chi connectivity index (χ1) is 8.33. The predicted molar refractivity (Wildman–Crippen MR) is 70.3 cm³/mol. The van der Waals surface area contributed by atoms with E-state index >= 15 is 0 Å². The molecule has 9 heteroatoms. The van der Waals surface area contributed by atoms with Crippen LogP contribution in [0.5, 0.6) is 0 Å². The molecule has 98 valence electrons. The zero-order valence-electron chi connectivity index (χ0n) is 9.44. The number of rotatable bonds is 5. The van der Waals surface area contributed by atoms with Crippen LogP contribution in [0.25, 0.3) is 5.69 Å². The van der Waals surface area contributed by atoms with Crippen LogP contribution in [-0.2, 0) is 0 Å². The van der Waals surface area contributed by atoms with E-state index in [-0.39, 0.29) is 18.3 Å². The molecule has 0 saturated carbocycles. The van der Waals surface area contributed by atoms with Crippen LogP contribution in [0.4, 0.5) is 0 Å². The highest BCUT2D eigenvalue weighted by Crippen LogP contribution is 2.19. The summed E-state index contributed by atoms with van der Waals surface area (Å²) in [6.07, 6.45) is 2.22. The first-order valence-electron chi connectivity index (χ1n) is 5.12. The molecule has 0 aliphatic heterocycles. The van der Waals surface area contributed by atoms with E-state index < -0.39 is 0 Å². The van der Waals surface area contributed by atoms with Crippen molar-refractivity contribution in [3.05, 3.63) is 22.7 Å². The fourth-order valence-corrected chi connectivity index (χ4v) is 2.10. The van der Waals surface area contributed by atoms with Crippen molar-refractivity contribution in [1.82, 2.24) is 25.5 Å². The smallest absolute Gasteiger partial charge is 0.263 e. The summed E-state index contributed by atoms with van der Waals surface area (Å²) in [5.41, 5.74) is 6.05. The molecule has 0 fully saturated rings. The summed E-state index contributed by atoms with van der Waals surface area (Å²) in [6, 6.07) is 1.80. The third-order valence-electron chi connectivity index (χ3n) is 2.11. The van der Waals surface area contributed by atoms with Crippen molar-refractivity contribution in [3.8, 4) is 5.69 Å². The Balaban J connectivity index is 0.00000162. The largest absolute Gasteiger partial charge is 0.351 e. The average Bonchev–Trinajstić information content (AvgIpc) is 2.99. The van der Waals surface area contributed by atoms with Gasteiger partial charge in [0.1, 0.15) is 11.2 Å². The number of halogens is 1. The van der Waals surface area contributed by atoms with Crippen LogP contribution in [0.2, 0.25) is 0 Å². The number of nitrogens with one attached hydrogen (secondary N) is 1. The van der Waals surface area contributed by atoms with Crippen molar-refractivity contribution in [3.63, 3.8) is 0 Å². The summed E-state index contributed by atoms with van der Waals surface area (Å²) in [4.78, 5) is 12.5. The molecule has 7 nitrogen and oxygen atoms in total. The maximum absolute atomic E-state index is 11.9. The van der Waals surface area contributed by atoms with Crippen LogP contribution in [0.15, 0.2) is 17.8 Å². The lowest BCUT2D eigenvalue weighted by molar-refractivity contribution is 0.0957. The number of carbonyl (C=O) groups excluding carboxylic acids is 1. The number of tetrazole rings is 1. The molecular formula is C9H13ClN6OS. The van der Waals surface area contributed by atoms with Crippen LogP contribution >= 0.6 is 23.7 Å². The van der Waals surface area contributed by atoms with Crippen molar-refractivity contribution in [2.24, 2.45) is 5.73 Å². The molecule has 0 radical (unpaired) electrons. The van der Waals surface area contributed by atoms with Crippen molar-refractivity contribution >= 4 is 29.7 Å². The topological polar surface area (TPSA) is 98.7 Å². The van der Waals surface area contributed by atoms with E-state index in [1.807, 2.05) is 5.38 Å². The number of aromatic nitrogens is 4. The second-order valence-electron chi connectivity index (χ2n) is 3.29. The SMILES string of the molecule is Cl.NCCCNC(=O)c1sccc1-n1cnnn1. The molecule has 2 rings (SSSR count). The molecule has 0 aromatic carbocycles. The number of thiophene rings is 1. The maximum Gasteiger partial charge on any atom is 0.263 e. The van der Waals surface area contributed by atoms with Gasteiger partial charge in [-0.3, -0.25) is 4.79 Å². The highest BCUT2D eigenvalue weighted by Gasteiger charge is 2.14. The zero-order chi connectivity index (χ0) is 12.1. The summed E-state index contributed by atoms with van der Waals surface area (Å²) in [6.45, 7) is 1.13. The van der Waals surface area contributed by atoms with Gasteiger partial charge in [0.15, 0.2) is 0 Å². The molecule has 0 unspecified atom stereocenters. The van der Waals surface area contributed by atoms with E-state index in [2.05, 4.69) is 20.8 Å². The van der Waals surface area contributed by atoms with Gasteiger partial charge in [-0.1, -0.05) is 0 Å². The summed E-state index contributed by atoms with van der Waals surface area (Å²) < 4.78 is 1.47. The Kier molecular flexibility index (Phi) is 5.69. The minimum absolute atomic E-state index is 0. The van der Waals surface area contributed by atoms with E-state index in [0.717, 1.165) is 6.42 Å². The van der Waals surface area contributed by atoms with Crippen molar-refractivity contribution in [2.45, 2.75) is 6.42 Å². The van der Waals surface area contributed by atoms with Crippen LogP contribution in [0, 0.1) is 0 Å². The molecule has 0 aliphatic rings. The molecule has 0 spiro atoms. The lowest BCUT2D eigenvalue weighted by Crippen LogP contribution is -2.26. The van der Waals surface area contributed by atoms with E-state index in [1.165, 1.54) is 22.3 Å². The summed E-state index contributed by atoms with van der Waals surface area (Å²) in [7, 11) is 0. The first kappa shape index (κ1) is 14.6. The minimum atomic E-state index is -0.126. The van der Waals surface area contributed by atoms with Gasteiger partial charge in [-0.25, -0.2) is 0 Å². The third kappa shape index (κ3) is 3.25. The van der Waals surface area contributed by atoms with Crippen LogP contribution in [-0.4, -0.2) is 39.2 Å². The zero-order valence-corrected chi connectivity index (χ0v) is 11.1. The number of nitrogens with zero attached hydrogens (tertiary/aromatic N) is 4. The Morgan fingerprint density at radius 3 is 3.06 bits per heavy atom. The van der Waals surface area contributed by atoms with Crippen LogP contribution in [0.1, 0.15) is 16.1 Å². The molecule has 18 heavy (non-hydrogen) atoms. The average molecular weight is 289 g/mol. The van der Waals surface area contributed by atoms with E-state index in [9.17, 15) is 4.79 Å². The number of nitrogens with two attached hydrogens (primary N) is 1. The lowest BCUT2D eigenvalue weighted by atomic mass is 10.3. The molecule has 2 heterocycles. The predicted octanol–water partition coefficient (Wildman–Crippen LogP) is 0.224. The molecule has 2 aromatic heterocycles. The quantitative estimate of drug-likeness (QED) is 0.767. The van der Waals surface area contributed by atoms with Gasteiger partial charge in [0.2, 0.25) is 0 Å². The van der Waals surface area contributed by atoms with Gasteiger partial charge in [0.25, 0.3) is 5.91 Å². The van der Waals surface area contributed by atoms with Crippen molar-refractivity contribution in [2.75, 3.05) is 13.1 Å². The Morgan fingerprint density at radius 1 is 1.56 bits per heavy atom. The monoisotopic (exact) mass is 288 g/mol. The number of hydrogen-bond donors (Lipinski definition) is 2. The van der Waals surface area contributed by atoms with Gasteiger partial charge in [-0.2, -0.15) is 4.68 Å². The molecule has 3 N–H and O–H groups in total. The Morgan fingerprint density at radius 2 is 2.39 bits per heavy atom. The fourth-order valence-electron chi connectivity index (χ4n) is 1.31. The fraction of sp³-hybridized carbons (Fsp3) is 0.333. The Labute approximate surface area is 114 Å². The lowest BCUT2D eigenvalue weighted by Gasteiger charge is -2.04. The number of carbonyl (C=O) groups is 1. The van der Waals surface area contributed by atoms with Crippen LogP contribution < -0.4 is 11.1 Å². The van der Waals surface area contributed by atoms with E-state index in [1.54, 1.807) is 6.07 Å². The van der Waals surface area contributed by atoms with Crippen molar-refractivity contribution < 1.29 is 4.79 Å². The van der Waals surface area contributed by atoms with E-state index in [0.29, 0.717) is 23.7 Å². The van der Waals surface area contributed by atoms with Gasteiger partial charge in [0.05, 0.1) is 5.69 Å². The highest BCUT2D eigenvalue weighted by molar-refractivity contribution is 7.12. The normalized spacial score (nSPS) is 9.83. The number of hydrogen-bond acceptors (Lipinski definition) is 6. The molecule has 0 aliphatic carbocycles. The molecular weight excluding hydrogens is 276 g/mol. The van der Waals surface area contributed by atoms with Crippen LogP contribution in [0.3, 0.4) is 0 Å². The first-order valence-corrected chi connectivity index (χ1v) is 6.00. The number of amides is 1. The van der Waals surface area contributed by atoms with Crippen molar-refractivity contribution in [1.29, 1.82) is 0 Å². The molecule has 0 bridgehead atoms. The third-order valence-corrected chi connectivity index (χ3v) is 3.02. The molecule has 1 amide bonds. The second kappa shape index (κ2) is 7.04. The Bertz CT molecular complexity index is 485. The highest BCUT2D eigenvalue weighted by atomic mass is 35.5. The summed E-state index contributed by atoms with van der Waals surface area (Å²) >= 11 is 1.35.